The van der Waals surface area contributed by atoms with Gasteiger partial charge >= 0.3 is 0 Å². The molecule has 0 fully saturated rings. The topological polar surface area (TPSA) is 61.7 Å². The summed E-state index contributed by atoms with van der Waals surface area (Å²) >= 11 is 6.14. The zero-order chi connectivity index (χ0) is 25.3. The van der Waals surface area contributed by atoms with Crippen LogP contribution in [-0.4, -0.2) is 63.4 Å². The molecule has 9 heteroatoms. The van der Waals surface area contributed by atoms with Crippen molar-refractivity contribution in [2.24, 2.45) is 7.05 Å². The second-order valence-electron chi connectivity index (χ2n) is 9.28. The minimum absolute atomic E-state index is 0.155. The second kappa shape index (κ2) is 10.3. The van der Waals surface area contributed by atoms with Gasteiger partial charge in [0.25, 0.3) is 5.91 Å². The van der Waals surface area contributed by atoms with Gasteiger partial charge in [-0.2, -0.15) is 0 Å². The number of aryl methyl sites for hydroxylation is 1. The number of carbonyl (C=O) groups excluding carboxylic acids is 2. The number of aromatic nitrogens is 2. The summed E-state index contributed by atoms with van der Waals surface area (Å²) in [6.07, 6.45) is 0.743. The first-order valence-electron chi connectivity index (χ1n) is 11.9. The van der Waals surface area contributed by atoms with Crippen LogP contribution in [0.4, 0.5) is 10.1 Å². The van der Waals surface area contributed by atoms with Crippen LogP contribution in [0.1, 0.15) is 43.4 Å². The third kappa shape index (κ3) is 5.33. The molecule has 0 N–H and O–H groups in total. The van der Waals surface area contributed by atoms with Crippen molar-refractivity contribution in [2.45, 2.75) is 39.8 Å². The quantitative estimate of drug-likeness (QED) is 0.521. The molecule has 0 unspecified atom stereocenters. The average Bonchev–Trinajstić information content (AvgIpc) is 3.11. The van der Waals surface area contributed by atoms with Crippen LogP contribution < -0.4 is 4.90 Å². The fourth-order valence-corrected chi connectivity index (χ4v) is 4.81. The Kier molecular flexibility index (Phi) is 7.42. The van der Waals surface area contributed by atoms with Crippen molar-refractivity contribution in [1.29, 1.82) is 0 Å². The van der Waals surface area contributed by atoms with E-state index in [9.17, 15) is 14.0 Å². The molecule has 3 aromatic rings. The minimum Gasteiger partial charge on any atom is -0.330 e. The standard InChI is InChI=1S/C26H31ClFN5O2/c1-17(2)31-10-5-11-33(18(3)34)24-15-21(28)8-6-19(24)16-32(13-12-31)26(35)25-29-22-14-20(27)7-9-23(22)30(25)4/h6-9,14-15,17H,5,10-13,16H2,1-4H3. The maximum absolute atomic E-state index is 14.3. The number of hydrogen-bond donors (Lipinski definition) is 0. The third-order valence-electron chi connectivity index (χ3n) is 6.62. The van der Waals surface area contributed by atoms with E-state index in [0.717, 1.165) is 24.0 Å². The zero-order valence-corrected chi connectivity index (χ0v) is 21.3. The summed E-state index contributed by atoms with van der Waals surface area (Å²) in [6.45, 7) is 8.35. The van der Waals surface area contributed by atoms with E-state index in [1.165, 1.54) is 19.1 Å². The summed E-state index contributed by atoms with van der Waals surface area (Å²) in [5, 5.41) is 0.553. The van der Waals surface area contributed by atoms with Crippen LogP contribution in [-0.2, 0) is 18.4 Å². The molecule has 0 aliphatic carbocycles. The molecule has 0 atom stereocenters. The molecule has 35 heavy (non-hydrogen) atoms. The Morgan fingerprint density at radius 1 is 1.06 bits per heavy atom. The molecular formula is C26H31ClFN5O2. The van der Waals surface area contributed by atoms with Crippen molar-refractivity contribution >= 4 is 40.1 Å². The van der Waals surface area contributed by atoms with Crippen molar-refractivity contribution in [3.8, 4) is 0 Å². The lowest BCUT2D eigenvalue weighted by atomic mass is 10.1. The van der Waals surface area contributed by atoms with Gasteiger partial charge in [0, 0.05) is 57.8 Å². The Bertz CT molecular complexity index is 1260. The molecule has 2 aromatic carbocycles. The molecule has 4 rings (SSSR count). The van der Waals surface area contributed by atoms with Gasteiger partial charge < -0.3 is 14.4 Å². The molecule has 2 heterocycles. The summed E-state index contributed by atoms with van der Waals surface area (Å²) in [6, 6.07) is 10.0. The fourth-order valence-electron chi connectivity index (χ4n) is 4.64. The highest BCUT2D eigenvalue weighted by atomic mass is 35.5. The first kappa shape index (κ1) is 25.1. The van der Waals surface area contributed by atoms with Gasteiger partial charge in [-0.05, 0) is 56.2 Å². The Morgan fingerprint density at radius 3 is 2.54 bits per heavy atom. The predicted molar refractivity (Wildman–Crippen MR) is 136 cm³/mol. The molecule has 1 aliphatic rings. The van der Waals surface area contributed by atoms with E-state index < -0.39 is 5.82 Å². The number of nitrogens with zero attached hydrogens (tertiary/aromatic N) is 5. The number of carbonyl (C=O) groups is 2. The number of benzene rings is 2. The lowest BCUT2D eigenvalue weighted by Gasteiger charge is -2.30. The van der Waals surface area contributed by atoms with Crippen LogP contribution in [0.25, 0.3) is 11.0 Å². The summed E-state index contributed by atoms with van der Waals surface area (Å²) in [5.41, 5.74) is 2.68. The Balaban J connectivity index is 1.77. The largest absolute Gasteiger partial charge is 0.330 e. The van der Waals surface area contributed by atoms with E-state index in [2.05, 4.69) is 23.7 Å². The summed E-state index contributed by atoms with van der Waals surface area (Å²) in [5.74, 6) is -0.496. The van der Waals surface area contributed by atoms with Gasteiger partial charge in [0.05, 0.1) is 16.7 Å². The van der Waals surface area contributed by atoms with Crippen LogP contribution in [0.3, 0.4) is 0 Å². The predicted octanol–water partition coefficient (Wildman–Crippen LogP) is 4.48. The lowest BCUT2D eigenvalue weighted by molar-refractivity contribution is -0.116. The monoisotopic (exact) mass is 499 g/mol. The van der Waals surface area contributed by atoms with E-state index in [1.807, 2.05) is 13.1 Å². The van der Waals surface area contributed by atoms with Crippen molar-refractivity contribution in [2.75, 3.05) is 31.1 Å². The molecule has 0 bridgehead atoms. The Hall–Kier alpha value is -2.97. The van der Waals surface area contributed by atoms with Crippen LogP contribution in [0.15, 0.2) is 36.4 Å². The number of halogens is 2. The molecular weight excluding hydrogens is 469 g/mol. The first-order valence-corrected chi connectivity index (χ1v) is 12.3. The van der Waals surface area contributed by atoms with E-state index in [-0.39, 0.29) is 24.4 Å². The van der Waals surface area contributed by atoms with Crippen molar-refractivity contribution in [3.05, 3.63) is 58.6 Å². The van der Waals surface area contributed by atoms with Crippen LogP contribution in [0.5, 0.6) is 0 Å². The molecule has 0 spiro atoms. The van der Waals surface area contributed by atoms with Gasteiger partial charge in [-0.25, -0.2) is 9.37 Å². The molecule has 7 nitrogen and oxygen atoms in total. The molecule has 1 aliphatic heterocycles. The zero-order valence-electron chi connectivity index (χ0n) is 20.6. The molecule has 1 aromatic heterocycles. The number of rotatable bonds is 2. The number of hydrogen-bond acceptors (Lipinski definition) is 4. The van der Waals surface area contributed by atoms with Gasteiger partial charge in [0.2, 0.25) is 5.91 Å². The first-order chi connectivity index (χ1) is 16.7. The number of anilines is 1. The fraction of sp³-hybridized carbons (Fsp3) is 0.423. The van der Waals surface area contributed by atoms with Crippen molar-refractivity contribution in [1.82, 2.24) is 19.4 Å². The SMILES string of the molecule is CC(=O)N1CCCN(C(C)C)CCN(C(=O)c2nc3cc(Cl)ccc3n2C)Cc2ccc(F)cc21. The smallest absolute Gasteiger partial charge is 0.290 e. The van der Waals surface area contributed by atoms with Crippen molar-refractivity contribution < 1.29 is 14.0 Å². The van der Waals surface area contributed by atoms with Gasteiger partial charge in [-0.1, -0.05) is 17.7 Å². The van der Waals surface area contributed by atoms with Gasteiger partial charge in [0.15, 0.2) is 5.82 Å². The highest BCUT2D eigenvalue weighted by Crippen LogP contribution is 2.27. The summed E-state index contributed by atoms with van der Waals surface area (Å²) < 4.78 is 16.0. The molecule has 0 saturated heterocycles. The minimum atomic E-state index is -0.418. The van der Waals surface area contributed by atoms with Gasteiger partial charge in [-0.15, -0.1) is 0 Å². The van der Waals surface area contributed by atoms with Gasteiger partial charge in [0.1, 0.15) is 5.82 Å². The molecule has 186 valence electrons. The highest BCUT2D eigenvalue weighted by Gasteiger charge is 2.26. The third-order valence-corrected chi connectivity index (χ3v) is 6.85. The Labute approximate surface area is 210 Å². The van der Waals surface area contributed by atoms with Crippen LogP contribution in [0, 0.1) is 5.82 Å². The Morgan fingerprint density at radius 2 is 1.83 bits per heavy atom. The maximum Gasteiger partial charge on any atom is 0.290 e. The summed E-state index contributed by atoms with van der Waals surface area (Å²) in [4.78, 5) is 36.6. The van der Waals surface area contributed by atoms with E-state index in [4.69, 9.17) is 11.6 Å². The molecule has 0 saturated carbocycles. The number of imidazole rings is 1. The molecule has 2 amide bonds. The number of fused-ring (bicyclic) bond motifs is 2. The highest BCUT2D eigenvalue weighted by molar-refractivity contribution is 6.31. The molecule has 0 radical (unpaired) electrons. The lowest BCUT2D eigenvalue weighted by Crippen LogP contribution is -2.42. The normalized spacial score (nSPS) is 15.9. The van der Waals surface area contributed by atoms with Crippen LogP contribution >= 0.6 is 11.6 Å². The number of amides is 2. The second-order valence-corrected chi connectivity index (χ2v) is 9.72. The van der Waals surface area contributed by atoms with E-state index in [1.54, 1.807) is 32.6 Å². The van der Waals surface area contributed by atoms with E-state index in [0.29, 0.717) is 41.7 Å². The van der Waals surface area contributed by atoms with Crippen LogP contribution in [0.2, 0.25) is 5.02 Å². The van der Waals surface area contributed by atoms with Crippen molar-refractivity contribution in [3.63, 3.8) is 0 Å². The average molecular weight is 500 g/mol. The van der Waals surface area contributed by atoms with E-state index >= 15 is 0 Å². The summed E-state index contributed by atoms with van der Waals surface area (Å²) in [7, 11) is 1.81. The maximum atomic E-state index is 14.3. The van der Waals surface area contributed by atoms with Gasteiger partial charge in [-0.3, -0.25) is 14.5 Å².